The summed E-state index contributed by atoms with van der Waals surface area (Å²) in [5, 5.41) is 31.4. The van der Waals surface area contributed by atoms with Gasteiger partial charge in [0.05, 0.1) is 22.4 Å². The number of rotatable bonds is 3. The summed E-state index contributed by atoms with van der Waals surface area (Å²) in [6.07, 6.45) is 3.48. The Morgan fingerprint density at radius 3 is 1.91 bits per heavy atom. The van der Waals surface area contributed by atoms with Crippen molar-refractivity contribution in [1.82, 2.24) is 0 Å². The molecule has 10 heteroatoms. The van der Waals surface area contributed by atoms with Crippen LogP contribution in [0.4, 0.5) is 5.69 Å². The van der Waals surface area contributed by atoms with Gasteiger partial charge in [-0.05, 0) is 12.8 Å². The first kappa shape index (κ1) is 21.2. The fourth-order valence-electron chi connectivity index (χ4n) is 2.09. The van der Waals surface area contributed by atoms with E-state index < -0.39 is 33.7 Å². The van der Waals surface area contributed by atoms with Crippen LogP contribution < -0.4 is 21.7 Å². The van der Waals surface area contributed by atoms with E-state index in [0.717, 1.165) is 31.0 Å². The van der Waals surface area contributed by atoms with Gasteiger partial charge in [0.1, 0.15) is 0 Å². The SMILES string of the molecule is NC1CCCC1N.O=C([O-])c1cccc([N+](=O)[O-])c1C(=O)[O-].[Pt+2]. The van der Waals surface area contributed by atoms with Crippen LogP contribution in [0.1, 0.15) is 40.0 Å². The van der Waals surface area contributed by atoms with E-state index in [-0.39, 0.29) is 21.1 Å². The molecule has 1 aromatic carbocycles. The third-order valence-electron chi connectivity index (χ3n) is 3.29. The Morgan fingerprint density at radius 1 is 1.09 bits per heavy atom. The average molecular weight is 504 g/mol. The Kier molecular flexibility index (Phi) is 8.60. The number of carbonyl (C=O) groups is 2. The Labute approximate surface area is 146 Å². The topological polar surface area (TPSA) is 175 Å². The van der Waals surface area contributed by atoms with Gasteiger partial charge in [-0.2, -0.15) is 0 Å². The molecule has 0 radical (unpaired) electrons. The summed E-state index contributed by atoms with van der Waals surface area (Å²) in [5.74, 6) is -3.74. The van der Waals surface area contributed by atoms with Crippen molar-refractivity contribution < 1.29 is 45.8 Å². The van der Waals surface area contributed by atoms with Crippen molar-refractivity contribution >= 4 is 17.6 Å². The number of aromatic carboxylic acids is 2. The van der Waals surface area contributed by atoms with Crippen molar-refractivity contribution in [3.05, 3.63) is 39.4 Å². The van der Waals surface area contributed by atoms with Crippen LogP contribution in [0.5, 0.6) is 0 Å². The van der Waals surface area contributed by atoms with E-state index in [1.54, 1.807) is 0 Å². The molecule has 1 aliphatic rings. The zero-order valence-corrected chi connectivity index (χ0v) is 14.1. The zero-order chi connectivity index (χ0) is 16.9. The van der Waals surface area contributed by atoms with E-state index in [4.69, 9.17) is 11.5 Å². The number of carbonyl (C=O) groups excluding carboxylic acids is 2. The summed E-state index contributed by atoms with van der Waals surface area (Å²) >= 11 is 0. The Balaban J connectivity index is 0.000000509. The molecule has 2 atom stereocenters. The fourth-order valence-corrected chi connectivity index (χ4v) is 2.09. The number of benzene rings is 1. The maximum atomic E-state index is 10.5. The first-order valence-corrected chi connectivity index (χ1v) is 6.47. The number of nitrogens with two attached hydrogens (primary N) is 2. The molecular formula is C13H15N3O6Pt. The molecule has 2 unspecified atom stereocenters. The molecule has 1 saturated carbocycles. The maximum absolute atomic E-state index is 10.5. The molecule has 1 aromatic rings. The normalized spacial score (nSPS) is 19.0. The number of carboxylic acid groups (broad SMARTS) is 2. The number of carboxylic acids is 2. The van der Waals surface area contributed by atoms with E-state index in [1.807, 2.05) is 0 Å². The monoisotopic (exact) mass is 504 g/mol. The Hall–Kier alpha value is -1.83. The van der Waals surface area contributed by atoms with E-state index in [9.17, 15) is 29.9 Å². The molecule has 0 aliphatic heterocycles. The molecule has 0 spiro atoms. The van der Waals surface area contributed by atoms with Gasteiger partial charge in [-0.1, -0.05) is 18.6 Å². The predicted molar refractivity (Wildman–Crippen MR) is 71.6 cm³/mol. The number of hydrogen-bond acceptors (Lipinski definition) is 8. The van der Waals surface area contributed by atoms with Crippen LogP contribution >= 0.6 is 0 Å². The summed E-state index contributed by atoms with van der Waals surface area (Å²) in [4.78, 5) is 30.4. The molecule has 0 aromatic heterocycles. The second-order valence-electron chi connectivity index (χ2n) is 4.79. The molecule has 0 amide bonds. The van der Waals surface area contributed by atoms with Crippen LogP contribution in [0.25, 0.3) is 0 Å². The van der Waals surface area contributed by atoms with Crippen molar-refractivity contribution in [3.8, 4) is 0 Å². The van der Waals surface area contributed by atoms with Crippen molar-refractivity contribution in [3.63, 3.8) is 0 Å². The van der Waals surface area contributed by atoms with Crippen molar-refractivity contribution in [2.24, 2.45) is 11.5 Å². The van der Waals surface area contributed by atoms with Crippen LogP contribution in [-0.2, 0) is 21.1 Å². The van der Waals surface area contributed by atoms with E-state index in [2.05, 4.69) is 0 Å². The second-order valence-corrected chi connectivity index (χ2v) is 4.79. The maximum Gasteiger partial charge on any atom is 2.00 e. The first-order chi connectivity index (χ1) is 10.3. The molecule has 1 fully saturated rings. The number of hydrogen-bond donors (Lipinski definition) is 2. The largest absolute Gasteiger partial charge is 2.00 e. The Bertz CT molecular complexity index is 555. The van der Waals surface area contributed by atoms with Crippen LogP contribution in [0, 0.1) is 10.1 Å². The number of nitro benzene ring substituents is 1. The third-order valence-corrected chi connectivity index (χ3v) is 3.29. The number of nitro groups is 1. The third kappa shape index (κ3) is 5.70. The van der Waals surface area contributed by atoms with Crippen molar-refractivity contribution in [1.29, 1.82) is 0 Å². The van der Waals surface area contributed by atoms with Crippen LogP contribution in [-0.4, -0.2) is 28.9 Å². The number of nitrogens with zero attached hydrogens (tertiary/aromatic N) is 1. The smallest absolute Gasteiger partial charge is 0.545 e. The zero-order valence-electron chi connectivity index (χ0n) is 11.9. The summed E-state index contributed by atoms with van der Waals surface area (Å²) in [5.41, 5.74) is 8.51. The van der Waals surface area contributed by atoms with Crippen molar-refractivity contribution in [2.45, 2.75) is 31.3 Å². The minimum Gasteiger partial charge on any atom is -0.545 e. The molecule has 2 rings (SSSR count). The molecule has 0 heterocycles. The van der Waals surface area contributed by atoms with Gasteiger partial charge >= 0.3 is 21.1 Å². The minimum atomic E-state index is -1.93. The van der Waals surface area contributed by atoms with Gasteiger partial charge in [0.15, 0.2) is 0 Å². The van der Waals surface area contributed by atoms with Crippen molar-refractivity contribution in [2.75, 3.05) is 0 Å². The molecule has 0 bridgehead atoms. The molecule has 1 aliphatic carbocycles. The molecule has 128 valence electrons. The summed E-state index contributed by atoms with van der Waals surface area (Å²) in [6.45, 7) is 0. The van der Waals surface area contributed by atoms with Gasteiger partial charge in [-0.25, -0.2) is 0 Å². The van der Waals surface area contributed by atoms with Gasteiger partial charge in [-0.15, -0.1) is 0 Å². The van der Waals surface area contributed by atoms with E-state index >= 15 is 0 Å². The predicted octanol–water partition coefficient (Wildman–Crippen LogP) is -1.86. The molecule has 9 nitrogen and oxygen atoms in total. The van der Waals surface area contributed by atoms with Gasteiger partial charge in [-0.3, -0.25) is 10.1 Å². The molecule has 23 heavy (non-hydrogen) atoms. The summed E-state index contributed by atoms with van der Waals surface area (Å²) in [6, 6.07) is 3.40. The van der Waals surface area contributed by atoms with Crippen LogP contribution in [0.15, 0.2) is 18.2 Å². The van der Waals surface area contributed by atoms with Gasteiger partial charge < -0.3 is 31.3 Å². The molecule has 0 saturated heterocycles. The first-order valence-electron chi connectivity index (χ1n) is 6.47. The quantitative estimate of drug-likeness (QED) is 0.356. The summed E-state index contributed by atoms with van der Waals surface area (Å²) < 4.78 is 0. The fraction of sp³-hybridized carbons (Fsp3) is 0.385. The van der Waals surface area contributed by atoms with Gasteiger partial charge in [0.25, 0.3) is 5.69 Å². The molecular weight excluding hydrogens is 489 g/mol. The Morgan fingerprint density at radius 2 is 1.61 bits per heavy atom. The summed E-state index contributed by atoms with van der Waals surface area (Å²) in [7, 11) is 0. The standard InChI is InChI=1S/C8H5NO6.C5H12N2.Pt/c10-7(11)4-2-1-3-5(9(14)15)6(4)8(12)13;6-4-2-1-3-5(4)7;/h1-3H,(H,10,11)(H,12,13);4-5H,1-3,6-7H2;/q;;+2/p-2. The second kappa shape index (κ2) is 9.34. The van der Waals surface area contributed by atoms with E-state index in [0.29, 0.717) is 12.1 Å². The molecule has 4 N–H and O–H groups in total. The van der Waals surface area contributed by atoms with Crippen LogP contribution in [0.2, 0.25) is 0 Å². The van der Waals surface area contributed by atoms with E-state index in [1.165, 1.54) is 6.42 Å². The van der Waals surface area contributed by atoms with Crippen LogP contribution in [0.3, 0.4) is 0 Å². The van der Waals surface area contributed by atoms with Gasteiger partial charge in [0, 0.05) is 23.7 Å². The average Bonchev–Trinajstić information content (AvgIpc) is 2.82. The minimum absolute atomic E-state index is 0. The van der Waals surface area contributed by atoms with Gasteiger partial charge in [0.2, 0.25) is 0 Å².